The quantitative estimate of drug-likeness (QED) is 0.196. The van der Waals surface area contributed by atoms with Crippen LogP contribution in [-0.4, -0.2) is 4.98 Å². The Kier molecular flexibility index (Phi) is 5.85. The maximum Gasteiger partial charge on any atom is 0.135 e. The predicted molar refractivity (Wildman–Crippen MR) is 188 cm³/mol. The lowest BCUT2D eigenvalue weighted by Crippen LogP contribution is -1.92. The smallest absolute Gasteiger partial charge is 0.135 e. The van der Waals surface area contributed by atoms with Crippen LogP contribution in [0.4, 0.5) is 0 Å². The number of benzene rings is 7. The monoisotopic (exact) mass is 573 g/mol. The Morgan fingerprint density at radius 3 is 1.47 bits per heavy atom. The Bertz CT molecular complexity index is 2450. The molecule has 0 aliphatic rings. The van der Waals surface area contributed by atoms with E-state index in [4.69, 9.17) is 9.40 Å². The summed E-state index contributed by atoms with van der Waals surface area (Å²) in [7, 11) is 0. The number of para-hydroxylation sites is 1. The summed E-state index contributed by atoms with van der Waals surface area (Å²) in [6.45, 7) is 0. The van der Waals surface area contributed by atoms with Gasteiger partial charge in [-0.25, -0.2) is 0 Å². The van der Waals surface area contributed by atoms with E-state index >= 15 is 0 Å². The number of aromatic nitrogens is 1. The van der Waals surface area contributed by atoms with Crippen LogP contribution in [0.1, 0.15) is 0 Å². The van der Waals surface area contributed by atoms with E-state index in [0.717, 1.165) is 38.8 Å². The molecule has 0 saturated heterocycles. The fourth-order valence-corrected chi connectivity index (χ4v) is 6.81. The molecule has 0 aliphatic heterocycles. The molecule has 210 valence electrons. The first-order chi connectivity index (χ1) is 22.3. The maximum absolute atomic E-state index is 6.05. The highest BCUT2D eigenvalue weighted by Crippen LogP contribution is 2.44. The van der Waals surface area contributed by atoms with Crippen molar-refractivity contribution in [3.8, 4) is 44.6 Å². The third-order valence-electron chi connectivity index (χ3n) is 8.94. The van der Waals surface area contributed by atoms with Crippen LogP contribution in [0.5, 0.6) is 0 Å². The zero-order chi connectivity index (χ0) is 29.7. The summed E-state index contributed by atoms with van der Waals surface area (Å²) < 4.78 is 6.05. The summed E-state index contributed by atoms with van der Waals surface area (Å²) in [4.78, 5) is 5.00. The lowest BCUT2D eigenvalue weighted by atomic mass is 9.86. The first-order valence-corrected chi connectivity index (χ1v) is 15.3. The van der Waals surface area contributed by atoms with Crippen molar-refractivity contribution in [2.24, 2.45) is 0 Å². The molecule has 0 N–H and O–H groups in total. The Balaban J connectivity index is 1.18. The first kappa shape index (κ1) is 25.5. The lowest BCUT2D eigenvalue weighted by Gasteiger charge is -2.18. The number of fused-ring (bicyclic) bond motifs is 5. The average Bonchev–Trinajstić information content (AvgIpc) is 3.49. The highest BCUT2D eigenvalue weighted by Gasteiger charge is 2.17. The number of pyridine rings is 1. The van der Waals surface area contributed by atoms with Gasteiger partial charge >= 0.3 is 0 Å². The van der Waals surface area contributed by atoms with Crippen LogP contribution in [0.15, 0.2) is 168 Å². The molecule has 0 aliphatic carbocycles. The Morgan fingerprint density at radius 1 is 0.333 bits per heavy atom. The van der Waals surface area contributed by atoms with Crippen LogP contribution in [0, 0.1) is 0 Å². The second-order valence-corrected chi connectivity index (χ2v) is 11.5. The number of rotatable bonds is 4. The molecule has 0 atom stereocenters. The van der Waals surface area contributed by atoms with E-state index in [9.17, 15) is 0 Å². The van der Waals surface area contributed by atoms with Crippen molar-refractivity contribution in [1.82, 2.24) is 4.98 Å². The van der Waals surface area contributed by atoms with Gasteiger partial charge in [0.25, 0.3) is 0 Å². The second kappa shape index (κ2) is 10.3. The van der Waals surface area contributed by atoms with Gasteiger partial charge in [0.05, 0.1) is 5.69 Å². The van der Waals surface area contributed by atoms with Crippen LogP contribution in [0.25, 0.3) is 88.1 Å². The fourth-order valence-electron chi connectivity index (χ4n) is 6.81. The van der Waals surface area contributed by atoms with Crippen LogP contribution < -0.4 is 0 Å². The van der Waals surface area contributed by atoms with Gasteiger partial charge in [-0.15, -0.1) is 0 Å². The highest BCUT2D eigenvalue weighted by molar-refractivity contribution is 6.21. The van der Waals surface area contributed by atoms with Gasteiger partial charge in [0.15, 0.2) is 0 Å². The number of hydrogen-bond donors (Lipinski definition) is 0. The zero-order valence-corrected chi connectivity index (χ0v) is 24.4. The van der Waals surface area contributed by atoms with Crippen molar-refractivity contribution in [3.05, 3.63) is 164 Å². The molecule has 0 saturated carbocycles. The van der Waals surface area contributed by atoms with Crippen LogP contribution in [0.2, 0.25) is 0 Å². The highest BCUT2D eigenvalue weighted by atomic mass is 16.3. The SMILES string of the molecule is c1ccc(-c2ccc(-c3c4ccccc4c(-c4ccc(-c5ccc6oc7ccccc7c6c5)nc4)c4ccccc34)cc2)cc1. The van der Waals surface area contributed by atoms with Crippen molar-refractivity contribution in [2.75, 3.05) is 0 Å². The van der Waals surface area contributed by atoms with E-state index in [2.05, 4.69) is 140 Å². The van der Waals surface area contributed by atoms with Gasteiger partial charge in [-0.2, -0.15) is 0 Å². The third-order valence-corrected chi connectivity index (χ3v) is 8.94. The molecular formula is C43H27NO. The topological polar surface area (TPSA) is 26.0 Å². The molecule has 9 aromatic rings. The van der Waals surface area contributed by atoms with Crippen molar-refractivity contribution < 1.29 is 4.42 Å². The summed E-state index contributed by atoms with van der Waals surface area (Å²) in [5, 5.41) is 7.15. The molecule has 0 fully saturated rings. The normalized spacial score (nSPS) is 11.6. The van der Waals surface area contributed by atoms with Gasteiger partial charge in [0.1, 0.15) is 11.2 Å². The van der Waals surface area contributed by atoms with E-state index in [-0.39, 0.29) is 0 Å². The van der Waals surface area contributed by atoms with Crippen molar-refractivity contribution in [2.45, 2.75) is 0 Å². The first-order valence-electron chi connectivity index (χ1n) is 15.3. The van der Waals surface area contributed by atoms with Crippen LogP contribution in [-0.2, 0) is 0 Å². The van der Waals surface area contributed by atoms with Gasteiger partial charge < -0.3 is 4.42 Å². The average molecular weight is 574 g/mol. The minimum absolute atomic E-state index is 0.893. The van der Waals surface area contributed by atoms with Gasteiger partial charge in [0.2, 0.25) is 0 Å². The zero-order valence-electron chi connectivity index (χ0n) is 24.4. The molecule has 2 nitrogen and oxygen atoms in total. The molecule has 0 unspecified atom stereocenters. The van der Waals surface area contributed by atoms with E-state index in [1.54, 1.807) is 0 Å². The van der Waals surface area contributed by atoms with Crippen molar-refractivity contribution >= 4 is 43.5 Å². The number of nitrogens with zero attached hydrogens (tertiary/aromatic N) is 1. The predicted octanol–water partition coefficient (Wildman–Crippen LogP) is 12.0. The molecule has 7 aromatic carbocycles. The maximum atomic E-state index is 6.05. The van der Waals surface area contributed by atoms with Crippen molar-refractivity contribution in [1.29, 1.82) is 0 Å². The molecule has 2 aromatic heterocycles. The van der Waals surface area contributed by atoms with E-state index < -0.39 is 0 Å². The van der Waals surface area contributed by atoms with Crippen molar-refractivity contribution in [3.63, 3.8) is 0 Å². The largest absolute Gasteiger partial charge is 0.456 e. The van der Waals surface area contributed by atoms with E-state index in [1.807, 2.05) is 24.4 Å². The minimum Gasteiger partial charge on any atom is -0.456 e. The van der Waals surface area contributed by atoms with Gasteiger partial charge in [-0.1, -0.05) is 127 Å². The summed E-state index contributed by atoms with van der Waals surface area (Å²) in [6.07, 6.45) is 2.02. The molecule has 2 heteroatoms. The number of hydrogen-bond acceptors (Lipinski definition) is 2. The fraction of sp³-hybridized carbons (Fsp3) is 0. The van der Waals surface area contributed by atoms with Crippen LogP contribution in [0.3, 0.4) is 0 Å². The van der Waals surface area contributed by atoms with Gasteiger partial charge in [-0.3, -0.25) is 4.98 Å². The summed E-state index contributed by atoms with van der Waals surface area (Å²) in [5.74, 6) is 0. The summed E-state index contributed by atoms with van der Waals surface area (Å²) in [6, 6.07) is 55.9. The van der Waals surface area contributed by atoms with Gasteiger partial charge in [0, 0.05) is 28.1 Å². The molecule has 0 amide bonds. The van der Waals surface area contributed by atoms with Gasteiger partial charge in [-0.05, 0) is 79.7 Å². The molecular weight excluding hydrogens is 546 g/mol. The lowest BCUT2D eigenvalue weighted by molar-refractivity contribution is 0.669. The molecule has 2 heterocycles. The number of furan rings is 1. The Hall–Kier alpha value is -5.99. The molecule has 9 rings (SSSR count). The van der Waals surface area contributed by atoms with Crippen LogP contribution >= 0.6 is 0 Å². The summed E-state index contributed by atoms with van der Waals surface area (Å²) in [5.41, 5.74) is 11.0. The Labute approximate surface area is 260 Å². The molecule has 45 heavy (non-hydrogen) atoms. The standard InChI is InChI=1S/C43H27NO/c1-2-10-28(11-3-1)29-18-20-30(21-19-29)42-34-13-4-6-15-36(34)43(37-16-7-5-14-35(37)42)32-22-24-39(44-27-32)31-23-25-41-38(26-31)33-12-8-9-17-40(33)45-41/h1-27H. The van der Waals surface area contributed by atoms with E-state index in [1.165, 1.54) is 49.4 Å². The minimum atomic E-state index is 0.893. The third kappa shape index (κ3) is 4.22. The second-order valence-electron chi connectivity index (χ2n) is 11.5. The Morgan fingerprint density at radius 2 is 0.822 bits per heavy atom. The molecule has 0 radical (unpaired) electrons. The summed E-state index contributed by atoms with van der Waals surface area (Å²) >= 11 is 0. The molecule has 0 bridgehead atoms. The molecule has 0 spiro atoms. The van der Waals surface area contributed by atoms with E-state index in [0.29, 0.717) is 0 Å².